The van der Waals surface area contributed by atoms with Gasteiger partial charge < -0.3 is 10.6 Å². The summed E-state index contributed by atoms with van der Waals surface area (Å²) in [6.07, 6.45) is 1.15. The van der Waals surface area contributed by atoms with Gasteiger partial charge >= 0.3 is 0 Å². The largest absolute Gasteiger partial charge is 0.352 e. The van der Waals surface area contributed by atoms with Crippen LogP contribution in [0.5, 0.6) is 0 Å². The average Bonchev–Trinajstić information content (AvgIpc) is 3.13. The standard InChI is InChI=1S/C29H27N3O4S/c33-27(17-8-20-32-25-15-6-11-22-12-7-16-26(28(22)25)37(32,35)36)31-24-14-5-4-13-23(24)29(34)30-19-18-21-9-2-1-3-10-21/h1-7,9-16H,8,17-20H2,(H,30,34)(H,31,33). The van der Waals surface area contributed by atoms with Gasteiger partial charge in [0.15, 0.2) is 0 Å². The third-order valence-corrected chi connectivity index (χ3v) is 8.29. The lowest BCUT2D eigenvalue weighted by Gasteiger charge is -2.18. The van der Waals surface area contributed by atoms with Crippen molar-refractivity contribution in [2.24, 2.45) is 0 Å². The molecule has 2 N–H and O–H groups in total. The Balaban J connectivity index is 1.18. The van der Waals surface area contributed by atoms with E-state index in [2.05, 4.69) is 10.6 Å². The minimum Gasteiger partial charge on any atom is -0.352 e. The first kappa shape index (κ1) is 24.5. The molecule has 8 heteroatoms. The number of carbonyl (C=O) groups is 2. The second kappa shape index (κ2) is 10.4. The van der Waals surface area contributed by atoms with Crippen LogP contribution >= 0.6 is 0 Å². The smallest absolute Gasteiger partial charge is 0.265 e. The van der Waals surface area contributed by atoms with E-state index < -0.39 is 10.0 Å². The van der Waals surface area contributed by atoms with Crippen LogP contribution in [0.3, 0.4) is 0 Å². The number of para-hydroxylation sites is 1. The molecule has 1 aliphatic rings. The molecular weight excluding hydrogens is 486 g/mol. The first-order valence-corrected chi connectivity index (χ1v) is 13.6. The third kappa shape index (κ3) is 5.06. The Hall–Kier alpha value is -4.17. The molecule has 0 aromatic heterocycles. The predicted molar refractivity (Wildman–Crippen MR) is 145 cm³/mol. The van der Waals surface area contributed by atoms with Crippen LogP contribution in [0.25, 0.3) is 10.8 Å². The second-order valence-electron chi connectivity index (χ2n) is 8.90. The molecule has 1 heterocycles. The molecule has 0 fully saturated rings. The number of nitrogens with zero attached hydrogens (tertiary/aromatic N) is 1. The zero-order valence-corrected chi connectivity index (χ0v) is 21.0. The lowest BCUT2D eigenvalue weighted by Crippen LogP contribution is -2.29. The van der Waals surface area contributed by atoms with E-state index in [1.165, 1.54) is 4.31 Å². The molecule has 0 saturated carbocycles. The number of benzene rings is 4. The van der Waals surface area contributed by atoms with Gasteiger partial charge in [-0.15, -0.1) is 0 Å². The van der Waals surface area contributed by atoms with Crippen molar-refractivity contribution >= 4 is 44.0 Å². The van der Waals surface area contributed by atoms with Gasteiger partial charge in [0, 0.05) is 24.9 Å². The fraction of sp³-hybridized carbons (Fsp3) is 0.172. The van der Waals surface area contributed by atoms with E-state index in [9.17, 15) is 18.0 Å². The van der Waals surface area contributed by atoms with E-state index in [4.69, 9.17) is 0 Å². The van der Waals surface area contributed by atoms with Crippen molar-refractivity contribution in [3.63, 3.8) is 0 Å². The monoisotopic (exact) mass is 513 g/mol. The van der Waals surface area contributed by atoms with Crippen LogP contribution in [0.2, 0.25) is 0 Å². The second-order valence-corrected chi connectivity index (χ2v) is 10.7. The maximum atomic E-state index is 13.1. The molecule has 7 nitrogen and oxygen atoms in total. The average molecular weight is 514 g/mol. The molecule has 0 saturated heterocycles. The molecule has 0 aliphatic carbocycles. The molecule has 0 radical (unpaired) electrons. The molecule has 4 aromatic rings. The van der Waals surface area contributed by atoms with E-state index in [0.717, 1.165) is 16.3 Å². The number of hydrogen-bond acceptors (Lipinski definition) is 4. The first-order valence-electron chi connectivity index (χ1n) is 12.2. The Bertz CT molecular complexity index is 1560. The minimum atomic E-state index is -3.65. The van der Waals surface area contributed by atoms with Gasteiger partial charge in [0.2, 0.25) is 5.91 Å². The first-order chi connectivity index (χ1) is 17.9. The third-order valence-electron chi connectivity index (χ3n) is 6.43. The molecule has 37 heavy (non-hydrogen) atoms. The van der Waals surface area contributed by atoms with Crippen molar-refractivity contribution in [2.75, 3.05) is 22.7 Å². The Labute approximate surface area is 216 Å². The molecule has 4 aromatic carbocycles. The predicted octanol–water partition coefficient (Wildman–Crippen LogP) is 4.74. The zero-order valence-electron chi connectivity index (χ0n) is 20.2. The normalized spacial score (nSPS) is 13.5. The fourth-order valence-corrected chi connectivity index (χ4v) is 6.39. The Morgan fingerprint density at radius 2 is 1.54 bits per heavy atom. The molecule has 5 rings (SSSR count). The number of anilines is 2. The molecule has 188 valence electrons. The van der Waals surface area contributed by atoms with Gasteiger partial charge in [0.25, 0.3) is 15.9 Å². The van der Waals surface area contributed by atoms with Crippen molar-refractivity contribution < 1.29 is 18.0 Å². The highest BCUT2D eigenvalue weighted by molar-refractivity contribution is 7.93. The highest BCUT2D eigenvalue weighted by Gasteiger charge is 2.35. The summed E-state index contributed by atoms with van der Waals surface area (Å²) in [6.45, 7) is 0.662. The molecule has 0 unspecified atom stereocenters. The highest BCUT2D eigenvalue weighted by Crippen LogP contribution is 2.42. The van der Waals surface area contributed by atoms with Gasteiger partial charge in [-0.25, -0.2) is 8.42 Å². The van der Waals surface area contributed by atoms with E-state index in [-0.39, 0.29) is 24.8 Å². The van der Waals surface area contributed by atoms with Crippen molar-refractivity contribution in [1.29, 1.82) is 0 Å². The van der Waals surface area contributed by atoms with Crippen molar-refractivity contribution in [2.45, 2.75) is 24.2 Å². The Morgan fingerprint density at radius 3 is 2.35 bits per heavy atom. The van der Waals surface area contributed by atoms with Gasteiger partial charge in [-0.3, -0.25) is 13.9 Å². The van der Waals surface area contributed by atoms with Gasteiger partial charge in [0.1, 0.15) is 0 Å². The molecule has 0 spiro atoms. The van der Waals surface area contributed by atoms with Gasteiger partial charge in [-0.2, -0.15) is 0 Å². The lowest BCUT2D eigenvalue weighted by atomic mass is 10.1. The number of carbonyl (C=O) groups excluding carboxylic acids is 2. The molecule has 1 aliphatic heterocycles. The van der Waals surface area contributed by atoms with Crippen LogP contribution in [0, 0.1) is 0 Å². The highest BCUT2D eigenvalue weighted by atomic mass is 32.2. The summed E-state index contributed by atoms with van der Waals surface area (Å²) in [5.41, 5.74) is 2.58. The fourth-order valence-electron chi connectivity index (χ4n) is 4.65. The van der Waals surface area contributed by atoms with Crippen LogP contribution < -0.4 is 14.9 Å². The molecule has 2 amide bonds. The van der Waals surface area contributed by atoms with Crippen LogP contribution in [0.4, 0.5) is 11.4 Å². The number of hydrogen-bond donors (Lipinski definition) is 2. The molecular formula is C29H27N3O4S. The zero-order chi connectivity index (χ0) is 25.8. The summed E-state index contributed by atoms with van der Waals surface area (Å²) in [6, 6.07) is 27.5. The van der Waals surface area contributed by atoms with E-state index >= 15 is 0 Å². The summed E-state index contributed by atoms with van der Waals surface area (Å²) >= 11 is 0. The number of sulfonamides is 1. The van der Waals surface area contributed by atoms with Gasteiger partial charge in [0.05, 0.1) is 21.8 Å². The summed E-state index contributed by atoms with van der Waals surface area (Å²) in [7, 11) is -3.65. The molecule has 0 atom stereocenters. The van der Waals surface area contributed by atoms with Crippen LogP contribution in [0.1, 0.15) is 28.8 Å². The topological polar surface area (TPSA) is 95.6 Å². The van der Waals surface area contributed by atoms with Crippen molar-refractivity contribution in [1.82, 2.24) is 5.32 Å². The Kier molecular flexibility index (Phi) is 6.92. The Morgan fingerprint density at radius 1 is 0.811 bits per heavy atom. The number of amides is 2. The van der Waals surface area contributed by atoms with E-state index in [1.54, 1.807) is 42.5 Å². The summed E-state index contributed by atoms with van der Waals surface area (Å²) in [4.78, 5) is 25.8. The quantitative estimate of drug-likeness (QED) is 0.338. The van der Waals surface area contributed by atoms with Crippen LogP contribution in [-0.2, 0) is 21.2 Å². The lowest BCUT2D eigenvalue weighted by molar-refractivity contribution is -0.116. The maximum absolute atomic E-state index is 13.1. The summed E-state index contributed by atoms with van der Waals surface area (Å²) < 4.78 is 27.6. The summed E-state index contributed by atoms with van der Waals surface area (Å²) in [5, 5.41) is 7.32. The number of rotatable bonds is 9. The van der Waals surface area contributed by atoms with Crippen molar-refractivity contribution in [3.8, 4) is 0 Å². The maximum Gasteiger partial charge on any atom is 0.265 e. The molecule has 0 bridgehead atoms. The van der Waals surface area contributed by atoms with E-state index in [0.29, 0.717) is 41.2 Å². The van der Waals surface area contributed by atoms with Gasteiger partial charge in [-0.1, -0.05) is 66.7 Å². The van der Waals surface area contributed by atoms with Gasteiger partial charge in [-0.05, 0) is 48.1 Å². The summed E-state index contributed by atoms with van der Waals surface area (Å²) in [5.74, 6) is -0.544. The van der Waals surface area contributed by atoms with Crippen LogP contribution in [-0.4, -0.2) is 33.3 Å². The minimum absolute atomic E-state index is 0.113. The SMILES string of the molecule is O=C(CCCN1c2cccc3cccc(c23)S1(=O)=O)Nc1ccccc1C(=O)NCCc1ccccc1. The van der Waals surface area contributed by atoms with Crippen molar-refractivity contribution in [3.05, 3.63) is 102 Å². The number of nitrogens with one attached hydrogen (secondary N) is 2. The van der Waals surface area contributed by atoms with Crippen LogP contribution in [0.15, 0.2) is 95.9 Å². The van der Waals surface area contributed by atoms with E-state index in [1.807, 2.05) is 48.5 Å².